The van der Waals surface area contributed by atoms with E-state index in [1.165, 1.54) is 6.20 Å². The second kappa shape index (κ2) is 9.52. The lowest BCUT2D eigenvalue weighted by atomic mass is 10.0. The van der Waals surface area contributed by atoms with Crippen LogP contribution in [-0.2, 0) is 14.8 Å². The van der Waals surface area contributed by atoms with Gasteiger partial charge in [0.25, 0.3) is 10.0 Å². The second-order valence-corrected chi connectivity index (χ2v) is 9.77. The van der Waals surface area contributed by atoms with E-state index in [0.29, 0.717) is 22.2 Å². The van der Waals surface area contributed by atoms with Crippen molar-refractivity contribution in [2.75, 3.05) is 4.72 Å². The summed E-state index contributed by atoms with van der Waals surface area (Å²) in [4.78, 5) is 19.3. The van der Waals surface area contributed by atoms with Gasteiger partial charge in [-0.1, -0.05) is 72.8 Å². The fourth-order valence-corrected chi connectivity index (χ4v) is 4.95. The number of fused-ring (bicyclic) bond motifs is 1. The number of sulfonamides is 1. The van der Waals surface area contributed by atoms with E-state index >= 15 is 0 Å². The van der Waals surface area contributed by atoms with Crippen LogP contribution in [0.15, 0.2) is 108 Å². The molecule has 0 aliphatic carbocycles. The maximum Gasteiger partial charge on any atom is 0.336 e. The number of nitrogens with one attached hydrogen (secondary N) is 2. The molecule has 8 heteroatoms. The van der Waals surface area contributed by atoms with Crippen molar-refractivity contribution >= 4 is 44.4 Å². The highest BCUT2D eigenvalue weighted by Gasteiger charge is 2.17. The molecule has 2 aromatic heterocycles. The highest BCUT2D eigenvalue weighted by atomic mass is 32.2. The maximum absolute atomic E-state index is 13.0. The van der Waals surface area contributed by atoms with Gasteiger partial charge in [0.1, 0.15) is 5.65 Å². The minimum atomic E-state index is -3.87. The van der Waals surface area contributed by atoms with Gasteiger partial charge >= 0.3 is 5.97 Å². The van der Waals surface area contributed by atoms with Crippen molar-refractivity contribution in [3.05, 3.63) is 115 Å². The minimum absolute atomic E-state index is 0.112. The molecule has 36 heavy (non-hydrogen) atoms. The van der Waals surface area contributed by atoms with Crippen LogP contribution < -0.4 is 4.72 Å². The third-order valence-corrected chi connectivity index (χ3v) is 7.10. The molecule has 3 N–H and O–H groups in total. The molecular weight excluding hydrogens is 474 g/mol. The number of benzene rings is 3. The van der Waals surface area contributed by atoms with Gasteiger partial charge < -0.3 is 10.1 Å². The first kappa shape index (κ1) is 23.1. The number of carboxylic acids is 1. The zero-order valence-corrected chi connectivity index (χ0v) is 19.7. The van der Waals surface area contributed by atoms with Crippen molar-refractivity contribution < 1.29 is 18.3 Å². The third-order valence-electron chi connectivity index (χ3n) is 5.70. The lowest BCUT2D eigenvalue weighted by Gasteiger charge is -2.09. The standard InChI is InChI=1S/C28H21N3O4S/c32-28(33)26(21-9-5-2-6-10-21)15-22-17-29-27-25(22)16-23(18-30-27)31-36(34,35)24-13-11-20(12-14-24)19-7-3-1-4-8-19/h1-18,31H,(H,29,30)(H,32,33)/b26-15+. The number of rotatable bonds is 7. The summed E-state index contributed by atoms with van der Waals surface area (Å²) in [5, 5.41) is 10.3. The molecule has 0 atom stereocenters. The van der Waals surface area contributed by atoms with E-state index in [0.717, 1.165) is 11.1 Å². The number of hydrogen-bond donors (Lipinski definition) is 3. The molecule has 0 amide bonds. The highest BCUT2D eigenvalue weighted by molar-refractivity contribution is 7.92. The molecule has 0 saturated heterocycles. The first-order valence-electron chi connectivity index (χ1n) is 11.1. The number of carboxylic acid groups (broad SMARTS) is 1. The smallest absolute Gasteiger partial charge is 0.336 e. The molecule has 3 aromatic carbocycles. The summed E-state index contributed by atoms with van der Waals surface area (Å²) in [5.74, 6) is -1.07. The molecule has 0 spiro atoms. The molecule has 7 nitrogen and oxygen atoms in total. The topological polar surface area (TPSA) is 112 Å². The molecule has 0 saturated carbocycles. The molecule has 5 aromatic rings. The fourth-order valence-electron chi connectivity index (χ4n) is 3.91. The monoisotopic (exact) mass is 495 g/mol. The SMILES string of the molecule is O=C(O)/C(=C/c1c[nH]c2ncc(NS(=O)(=O)c3ccc(-c4ccccc4)cc3)cc12)c1ccccc1. The van der Waals surface area contributed by atoms with E-state index in [2.05, 4.69) is 14.7 Å². The van der Waals surface area contributed by atoms with E-state index in [1.54, 1.807) is 66.9 Å². The van der Waals surface area contributed by atoms with Gasteiger partial charge in [0.15, 0.2) is 0 Å². The first-order valence-corrected chi connectivity index (χ1v) is 12.5. The van der Waals surface area contributed by atoms with Gasteiger partial charge in [0.05, 0.1) is 22.4 Å². The van der Waals surface area contributed by atoms with Crippen LogP contribution in [0.2, 0.25) is 0 Å². The van der Waals surface area contributed by atoms with Crippen molar-refractivity contribution in [1.82, 2.24) is 9.97 Å². The summed E-state index contributed by atoms with van der Waals surface area (Å²) in [6, 6.07) is 26.7. The van der Waals surface area contributed by atoms with Gasteiger partial charge in [0, 0.05) is 17.1 Å². The Bertz CT molecular complexity index is 1680. The molecule has 5 rings (SSSR count). The molecule has 2 heterocycles. The van der Waals surface area contributed by atoms with Crippen molar-refractivity contribution in [3.63, 3.8) is 0 Å². The molecule has 178 valence electrons. The Balaban J connectivity index is 1.45. The van der Waals surface area contributed by atoms with Crippen LogP contribution in [-0.4, -0.2) is 29.5 Å². The summed E-state index contributed by atoms with van der Waals surface area (Å²) in [5.41, 5.74) is 3.92. The van der Waals surface area contributed by atoms with E-state index in [-0.39, 0.29) is 16.2 Å². The Hall–Kier alpha value is -4.69. The number of anilines is 1. The summed E-state index contributed by atoms with van der Waals surface area (Å²) < 4.78 is 28.6. The molecule has 0 aliphatic heterocycles. The quantitative estimate of drug-likeness (QED) is 0.252. The van der Waals surface area contributed by atoms with Gasteiger partial charge in [-0.3, -0.25) is 4.72 Å². The maximum atomic E-state index is 13.0. The molecule has 0 unspecified atom stereocenters. The minimum Gasteiger partial charge on any atom is -0.478 e. The van der Waals surface area contributed by atoms with Crippen molar-refractivity contribution in [3.8, 4) is 11.1 Å². The number of H-pyrrole nitrogens is 1. The Morgan fingerprint density at radius 1 is 0.889 bits per heavy atom. The zero-order valence-electron chi connectivity index (χ0n) is 18.9. The van der Waals surface area contributed by atoms with Gasteiger partial charge in [-0.25, -0.2) is 18.2 Å². The van der Waals surface area contributed by atoms with Crippen molar-refractivity contribution in [2.24, 2.45) is 0 Å². The molecular formula is C28H21N3O4S. The average Bonchev–Trinajstić information content (AvgIpc) is 3.30. The number of pyridine rings is 1. The van der Waals surface area contributed by atoms with Gasteiger partial charge in [-0.05, 0) is 41.0 Å². The summed E-state index contributed by atoms with van der Waals surface area (Å²) in [7, 11) is -3.87. The Labute approximate surface area is 207 Å². The predicted molar refractivity (Wildman–Crippen MR) is 141 cm³/mol. The number of carbonyl (C=O) groups is 1. The van der Waals surface area contributed by atoms with E-state index in [4.69, 9.17) is 0 Å². The Morgan fingerprint density at radius 3 is 2.19 bits per heavy atom. The van der Waals surface area contributed by atoms with Crippen molar-refractivity contribution in [2.45, 2.75) is 4.90 Å². The average molecular weight is 496 g/mol. The van der Waals surface area contributed by atoms with Gasteiger partial charge in [-0.15, -0.1) is 0 Å². The largest absolute Gasteiger partial charge is 0.478 e. The van der Waals surface area contributed by atoms with Gasteiger partial charge in [0.2, 0.25) is 0 Å². The number of aliphatic carboxylic acids is 1. The first-order chi connectivity index (χ1) is 17.4. The normalized spacial score (nSPS) is 11.9. The third kappa shape index (κ3) is 4.75. The molecule has 0 aliphatic rings. The number of hydrogen-bond acceptors (Lipinski definition) is 4. The summed E-state index contributed by atoms with van der Waals surface area (Å²) in [6.07, 6.45) is 4.60. The lowest BCUT2D eigenvalue weighted by Crippen LogP contribution is -2.13. The van der Waals surface area contributed by atoms with Gasteiger partial charge in [-0.2, -0.15) is 0 Å². The van der Waals surface area contributed by atoms with E-state index in [9.17, 15) is 18.3 Å². The van der Waals surface area contributed by atoms with Crippen LogP contribution in [0.4, 0.5) is 5.69 Å². The Morgan fingerprint density at radius 2 is 1.53 bits per heavy atom. The zero-order chi connectivity index (χ0) is 25.1. The Kier molecular flexibility index (Phi) is 6.10. The number of aromatic nitrogens is 2. The second-order valence-electron chi connectivity index (χ2n) is 8.09. The van der Waals surface area contributed by atoms with E-state index in [1.807, 2.05) is 36.4 Å². The molecule has 0 bridgehead atoms. The highest BCUT2D eigenvalue weighted by Crippen LogP contribution is 2.27. The number of aromatic amines is 1. The molecule has 0 radical (unpaired) electrons. The van der Waals surface area contributed by atoms with Crippen LogP contribution >= 0.6 is 0 Å². The summed E-state index contributed by atoms with van der Waals surface area (Å²) in [6.45, 7) is 0. The molecule has 0 fully saturated rings. The van der Waals surface area contributed by atoms with Crippen LogP contribution in [0.1, 0.15) is 11.1 Å². The van der Waals surface area contributed by atoms with Crippen LogP contribution in [0.25, 0.3) is 33.8 Å². The number of nitrogens with zero attached hydrogens (tertiary/aromatic N) is 1. The van der Waals surface area contributed by atoms with Crippen LogP contribution in [0.3, 0.4) is 0 Å². The van der Waals surface area contributed by atoms with Crippen LogP contribution in [0.5, 0.6) is 0 Å². The fraction of sp³-hybridized carbons (Fsp3) is 0. The van der Waals surface area contributed by atoms with Crippen molar-refractivity contribution in [1.29, 1.82) is 0 Å². The summed E-state index contributed by atoms with van der Waals surface area (Å²) >= 11 is 0. The van der Waals surface area contributed by atoms with Crippen LogP contribution in [0, 0.1) is 0 Å². The predicted octanol–water partition coefficient (Wildman–Crippen LogP) is 5.66. The lowest BCUT2D eigenvalue weighted by molar-refractivity contribution is -0.130. The van der Waals surface area contributed by atoms with E-state index < -0.39 is 16.0 Å².